The molecule has 0 unspecified atom stereocenters. The lowest BCUT2D eigenvalue weighted by Crippen LogP contribution is -2.00. The predicted octanol–water partition coefficient (Wildman–Crippen LogP) is 3.93. The van der Waals surface area contributed by atoms with E-state index in [9.17, 15) is 13.0 Å². The van der Waals surface area contributed by atoms with Crippen molar-refractivity contribution in [1.29, 1.82) is 0 Å². The smallest absolute Gasteiger partial charge is 0.295 e. The first kappa shape index (κ1) is 17.7. The van der Waals surface area contributed by atoms with Gasteiger partial charge in [-0.2, -0.15) is 8.42 Å². The van der Waals surface area contributed by atoms with Crippen LogP contribution in [0.3, 0.4) is 0 Å². The van der Waals surface area contributed by atoms with E-state index >= 15 is 0 Å². The Kier molecular flexibility index (Phi) is 5.93. The van der Waals surface area contributed by atoms with Crippen LogP contribution in [0.1, 0.15) is 30.9 Å². The molecule has 1 fully saturated rings. The zero-order valence-electron chi connectivity index (χ0n) is 13.3. The van der Waals surface area contributed by atoms with Gasteiger partial charge in [0, 0.05) is 0 Å². The van der Waals surface area contributed by atoms with Crippen LogP contribution in [0, 0.1) is 6.92 Å². The van der Waals surface area contributed by atoms with Crippen molar-refractivity contribution in [2.24, 2.45) is 0 Å². The summed E-state index contributed by atoms with van der Waals surface area (Å²) >= 11 is 0. The molecule has 0 bridgehead atoms. The molecule has 2 atom stereocenters. The molecule has 5 heteroatoms. The van der Waals surface area contributed by atoms with Gasteiger partial charge in [-0.3, -0.25) is 4.55 Å². The summed E-state index contributed by atoms with van der Waals surface area (Å²) in [6.45, 7) is 3.94. The fraction of sp³-hybridized carbons (Fsp3) is 0.333. The third-order valence-corrected chi connectivity index (χ3v) is 4.54. The lowest BCUT2D eigenvalue weighted by Gasteiger charge is -2.03. The van der Waals surface area contributed by atoms with Crippen LogP contribution in [0.25, 0.3) is 6.08 Å². The number of epoxide rings is 1. The summed E-state index contributed by atoms with van der Waals surface area (Å²) in [5, 5.41) is 0. The Bertz CT molecular complexity index is 729. The first-order chi connectivity index (χ1) is 10.9. The van der Waals surface area contributed by atoms with E-state index in [1.54, 1.807) is 24.3 Å². The van der Waals surface area contributed by atoms with E-state index in [2.05, 4.69) is 19.1 Å². The molecule has 2 rings (SSSR count). The molecular weight excluding hydrogens is 312 g/mol. The summed E-state index contributed by atoms with van der Waals surface area (Å²) in [5.41, 5.74) is 1.41. The predicted molar refractivity (Wildman–Crippen MR) is 91.9 cm³/mol. The van der Waals surface area contributed by atoms with Crippen LogP contribution in [-0.4, -0.2) is 25.2 Å². The van der Waals surface area contributed by atoms with Crippen molar-refractivity contribution in [2.45, 2.75) is 43.8 Å². The van der Waals surface area contributed by atoms with Gasteiger partial charge in [-0.15, -0.1) is 0 Å². The molecule has 1 aliphatic heterocycles. The maximum atomic E-state index is 11.3. The van der Waals surface area contributed by atoms with Gasteiger partial charge < -0.3 is 4.74 Å². The summed E-state index contributed by atoms with van der Waals surface area (Å²) in [6.07, 6.45) is 14.0. The molecule has 1 saturated heterocycles. The van der Waals surface area contributed by atoms with Crippen LogP contribution in [-0.2, 0) is 14.9 Å². The highest BCUT2D eigenvalue weighted by atomic mass is 32.2. The summed E-state index contributed by atoms with van der Waals surface area (Å²) in [6, 6.07) is 4.80. The zero-order valence-corrected chi connectivity index (χ0v) is 14.2. The molecule has 1 aliphatic rings. The Morgan fingerprint density at radius 2 is 1.96 bits per heavy atom. The molecule has 0 spiro atoms. The van der Waals surface area contributed by atoms with Gasteiger partial charge in [0.15, 0.2) is 0 Å². The highest BCUT2D eigenvalue weighted by molar-refractivity contribution is 7.85. The highest BCUT2D eigenvalue weighted by Gasteiger charge is 2.32. The molecule has 0 aromatic heterocycles. The first-order valence-corrected chi connectivity index (χ1v) is 9.04. The second-order valence-corrected chi connectivity index (χ2v) is 7.02. The number of ether oxygens (including phenoxy) is 1. The average Bonchev–Trinajstić information content (AvgIpc) is 3.16. The third-order valence-electron chi connectivity index (χ3n) is 3.61. The Morgan fingerprint density at radius 1 is 1.22 bits per heavy atom. The van der Waals surface area contributed by atoms with Gasteiger partial charge in [-0.05, 0) is 38.3 Å². The number of hydrogen-bond acceptors (Lipinski definition) is 3. The molecule has 1 aromatic rings. The van der Waals surface area contributed by atoms with Crippen LogP contribution >= 0.6 is 0 Å². The van der Waals surface area contributed by atoms with Crippen molar-refractivity contribution in [1.82, 2.24) is 0 Å². The van der Waals surface area contributed by atoms with E-state index in [-0.39, 0.29) is 4.90 Å². The lowest BCUT2D eigenvalue weighted by atomic mass is 10.1. The Morgan fingerprint density at radius 3 is 2.61 bits per heavy atom. The van der Waals surface area contributed by atoms with Gasteiger partial charge in [0.1, 0.15) is 4.90 Å². The van der Waals surface area contributed by atoms with E-state index in [0.717, 1.165) is 18.4 Å². The van der Waals surface area contributed by atoms with Crippen LogP contribution in [0.15, 0.2) is 53.5 Å². The summed E-state index contributed by atoms with van der Waals surface area (Å²) in [7, 11) is -4.21. The topological polar surface area (TPSA) is 66.9 Å². The van der Waals surface area contributed by atoms with E-state index < -0.39 is 10.1 Å². The number of rotatable bonds is 7. The van der Waals surface area contributed by atoms with E-state index in [1.807, 2.05) is 19.1 Å². The second-order valence-electron chi connectivity index (χ2n) is 5.63. The van der Waals surface area contributed by atoms with E-state index in [0.29, 0.717) is 17.8 Å². The largest absolute Gasteiger partial charge is 0.370 e. The Hall–Kier alpha value is -1.69. The minimum Gasteiger partial charge on any atom is -0.370 e. The fourth-order valence-corrected chi connectivity index (χ4v) is 2.90. The first-order valence-electron chi connectivity index (χ1n) is 7.60. The summed E-state index contributed by atoms with van der Waals surface area (Å²) in [4.78, 5) is -0.0776. The minimum atomic E-state index is -4.21. The summed E-state index contributed by atoms with van der Waals surface area (Å²) in [5.74, 6) is 0. The maximum Gasteiger partial charge on any atom is 0.295 e. The van der Waals surface area contributed by atoms with Gasteiger partial charge in [0.05, 0.1) is 12.2 Å². The van der Waals surface area contributed by atoms with Crippen molar-refractivity contribution >= 4 is 16.2 Å². The van der Waals surface area contributed by atoms with Gasteiger partial charge in [-0.25, -0.2) is 0 Å². The molecule has 1 N–H and O–H groups in total. The monoisotopic (exact) mass is 334 g/mol. The molecular formula is C18H22O4S. The van der Waals surface area contributed by atoms with Gasteiger partial charge >= 0.3 is 0 Å². The van der Waals surface area contributed by atoms with Crippen molar-refractivity contribution in [2.75, 3.05) is 0 Å². The van der Waals surface area contributed by atoms with Crippen molar-refractivity contribution in [3.8, 4) is 0 Å². The molecule has 124 valence electrons. The average molecular weight is 334 g/mol. The Balaban J connectivity index is 1.90. The Labute approximate surface area is 137 Å². The standard InChI is InChI=1S/C18H22O4S/c1-14-11-12-18(23(19,20)21)16(13-14)9-7-5-3-4-6-8-10-17-15(2)22-17/h3,5-9,11-13,15,17H,4,10H2,1-2H3,(H,19,20,21)/b5-3-,8-6-,9-7?/t15-,17+/m1/s1. The van der Waals surface area contributed by atoms with E-state index in [4.69, 9.17) is 4.74 Å². The van der Waals surface area contributed by atoms with E-state index in [1.165, 1.54) is 6.07 Å². The molecule has 0 radical (unpaired) electrons. The SMILES string of the molecule is Cc1ccc(S(=O)(=O)O)c(C=C/C=C\C/C=C\C[C@@H]2O[C@@H]2C)c1. The molecule has 4 nitrogen and oxygen atoms in total. The molecule has 1 heterocycles. The minimum absolute atomic E-state index is 0.0776. The number of benzene rings is 1. The number of allylic oxidation sites excluding steroid dienone is 4. The molecule has 0 aliphatic carbocycles. The lowest BCUT2D eigenvalue weighted by molar-refractivity contribution is 0.380. The molecule has 0 saturated carbocycles. The van der Waals surface area contributed by atoms with Crippen LogP contribution in [0.4, 0.5) is 0 Å². The van der Waals surface area contributed by atoms with Crippen molar-refractivity contribution in [3.05, 3.63) is 59.7 Å². The third kappa shape index (κ3) is 5.78. The van der Waals surface area contributed by atoms with Gasteiger partial charge in [0.25, 0.3) is 10.1 Å². The normalized spacial score (nSPS) is 21.7. The van der Waals surface area contributed by atoms with Crippen molar-refractivity contribution < 1.29 is 17.7 Å². The quantitative estimate of drug-likeness (QED) is 0.355. The van der Waals surface area contributed by atoms with Gasteiger partial charge in [0.2, 0.25) is 0 Å². The van der Waals surface area contributed by atoms with Crippen LogP contribution in [0.5, 0.6) is 0 Å². The summed E-state index contributed by atoms with van der Waals surface area (Å²) < 4.78 is 37.2. The number of aryl methyl sites for hydroxylation is 1. The fourth-order valence-electron chi connectivity index (χ4n) is 2.23. The highest BCUT2D eigenvalue weighted by Crippen LogP contribution is 2.24. The van der Waals surface area contributed by atoms with Crippen LogP contribution < -0.4 is 0 Å². The van der Waals surface area contributed by atoms with Crippen molar-refractivity contribution in [3.63, 3.8) is 0 Å². The maximum absolute atomic E-state index is 11.3. The van der Waals surface area contributed by atoms with Gasteiger partial charge in [-0.1, -0.05) is 54.2 Å². The van der Waals surface area contributed by atoms with Crippen LogP contribution in [0.2, 0.25) is 0 Å². The number of hydrogen-bond donors (Lipinski definition) is 1. The molecule has 1 aromatic carbocycles. The molecule has 0 amide bonds. The zero-order chi connectivity index (χ0) is 16.9. The second kappa shape index (κ2) is 7.73. The molecule has 23 heavy (non-hydrogen) atoms.